The first-order valence-corrected chi connectivity index (χ1v) is 9.13. The van der Waals surface area contributed by atoms with Gasteiger partial charge < -0.3 is 0 Å². The van der Waals surface area contributed by atoms with Gasteiger partial charge in [0, 0.05) is 13.1 Å². The fourth-order valence-corrected chi connectivity index (χ4v) is 4.26. The first-order chi connectivity index (χ1) is 9.95. The Hall–Kier alpha value is -1.13. The highest BCUT2D eigenvalue weighted by Gasteiger charge is 2.34. The molecule has 4 heteroatoms. The Labute approximate surface area is 128 Å². The van der Waals surface area contributed by atoms with Crippen LogP contribution in [0.2, 0.25) is 0 Å². The lowest BCUT2D eigenvalue weighted by Gasteiger charge is -2.16. The number of benzene rings is 1. The molecule has 0 amide bonds. The maximum Gasteiger partial charge on any atom is 0.243 e. The molecule has 1 unspecified atom stereocenters. The van der Waals surface area contributed by atoms with E-state index in [0.29, 0.717) is 23.9 Å². The third kappa shape index (κ3) is 3.74. The number of unbranched alkanes of at least 4 members (excludes halogenated alkanes) is 2. The van der Waals surface area contributed by atoms with Gasteiger partial charge in [-0.3, -0.25) is 0 Å². The van der Waals surface area contributed by atoms with Gasteiger partial charge in [0.05, 0.1) is 4.90 Å². The lowest BCUT2D eigenvalue weighted by atomic mass is 9.97. The van der Waals surface area contributed by atoms with Crippen LogP contribution >= 0.6 is 0 Å². The van der Waals surface area contributed by atoms with Gasteiger partial charge >= 0.3 is 0 Å². The summed E-state index contributed by atoms with van der Waals surface area (Å²) in [4.78, 5) is 0.384. The molecule has 0 radical (unpaired) electrons. The van der Waals surface area contributed by atoms with Crippen LogP contribution in [-0.2, 0) is 10.0 Å². The van der Waals surface area contributed by atoms with E-state index in [-0.39, 0.29) is 0 Å². The predicted molar refractivity (Wildman–Crippen MR) is 86.7 cm³/mol. The van der Waals surface area contributed by atoms with Crippen LogP contribution in [0, 0.1) is 12.8 Å². The molecule has 0 aromatic heterocycles. The minimum absolute atomic E-state index is 0.316. The topological polar surface area (TPSA) is 37.4 Å². The number of hydrogen-bond donors (Lipinski definition) is 0. The van der Waals surface area contributed by atoms with Crippen molar-refractivity contribution in [2.45, 2.75) is 44.4 Å². The molecule has 1 aromatic carbocycles. The zero-order valence-electron chi connectivity index (χ0n) is 13.0. The Bertz CT molecular complexity index is 590. The summed E-state index contributed by atoms with van der Waals surface area (Å²) in [5.74, 6) is 0.316. The number of hydrogen-bond acceptors (Lipinski definition) is 2. The third-order valence-electron chi connectivity index (χ3n) is 4.20. The third-order valence-corrected chi connectivity index (χ3v) is 6.02. The Balaban J connectivity index is 2.08. The average molecular weight is 307 g/mol. The molecule has 0 saturated carbocycles. The lowest BCUT2D eigenvalue weighted by molar-refractivity contribution is 0.441. The summed E-state index contributed by atoms with van der Waals surface area (Å²) in [5.41, 5.74) is 2.12. The van der Waals surface area contributed by atoms with Crippen molar-refractivity contribution in [1.82, 2.24) is 4.31 Å². The largest absolute Gasteiger partial charge is 0.243 e. The molecule has 0 N–H and O–H groups in total. The van der Waals surface area contributed by atoms with E-state index in [1.54, 1.807) is 16.4 Å². The van der Waals surface area contributed by atoms with Gasteiger partial charge in [-0.25, -0.2) is 8.42 Å². The second-order valence-electron chi connectivity index (χ2n) is 5.96. The van der Waals surface area contributed by atoms with E-state index < -0.39 is 10.0 Å². The van der Waals surface area contributed by atoms with Crippen LogP contribution in [0.5, 0.6) is 0 Å². The molecule has 0 bridgehead atoms. The summed E-state index contributed by atoms with van der Waals surface area (Å²) in [6.07, 6.45) is 4.59. The fourth-order valence-electron chi connectivity index (χ4n) is 2.77. The normalized spacial score (nSPS) is 20.1. The maximum absolute atomic E-state index is 12.7. The molecular weight excluding hydrogens is 282 g/mol. The highest BCUT2D eigenvalue weighted by molar-refractivity contribution is 7.89. The number of nitrogens with zero attached hydrogens (tertiary/aromatic N) is 1. The SMILES string of the molecule is C=C1CN(S(=O)(=O)c2ccc(C)cc2)CC1CCCCC. The zero-order valence-corrected chi connectivity index (χ0v) is 13.8. The van der Waals surface area contributed by atoms with Gasteiger partial charge in [-0.1, -0.05) is 56.0 Å². The Morgan fingerprint density at radius 1 is 1.24 bits per heavy atom. The summed E-state index contributed by atoms with van der Waals surface area (Å²) < 4.78 is 26.9. The van der Waals surface area contributed by atoms with Gasteiger partial charge in [0.1, 0.15) is 0 Å². The summed E-state index contributed by atoms with van der Waals surface area (Å²) in [6, 6.07) is 7.07. The van der Waals surface area contributed by atoms with Crippen LogP contribution in [0.25, 0.3) is 0 Å². The van der Waals surface area contributed by atoms with E-state index in [0.717, 1.165) is 24.0 Å². The monoisotopic (exact) mass is 307 g/mol. The van der Waals surface area contributed by atoms with Gasteiger partial charge in [0.2, 0.25) is 10.0 Å². The quantitative estimate of drug-likeness (QED) is 0.593. The molecule has 1 saturated heterocycles. The van der Waals surface area contributed by atoms with Crippen LogP contribution in [0.15, 0.2) is 41.3 Å². The molecule has 2 rings (SSSR count). The smallest absolute Gasteiger partial charge is 0.207 e. The van der Waals surface area contributed by atoms with Crippen LogP contribution < -0.4 is 0 Å². The Morgan fingerprint density at radius 3 is 2.52 bits per heavy atom. The van der Waals surface area contributed by atoms with Crippen molar-refractivity contribution in [2.24, 2.45) is 5.92 Å². The van der Waals surface area contributed by atoms with E-state index in [2.05, 4.69) is 13.5 Å². The average Bonchev–Trinajstić information content (AvgIpc) is 2.82. The van der Waals surface area contributed by atoms with Gasteiger partial charge in [-0.05, 0) is 31.4 Å². The second-order valence-corrected chi connectivity index (χ2v) is 7.90. The molecule has 1 aliphatic rings. The van der Waals surface area contributed by atoms with Gasteiger partial charge in [0.15, 0.2) is 0 Å². The summed E-state index contributed by atoms with van der Waals surface area (Å²) in [7, 11) is -3.38. The zero-order chi connectivity index (χ0) is 15.5. The van der Waals surface area contributed by atoms with Crippen molar-refractivity contribution in [3.8, 4) is 0 Å². The summed E-state index contributed by atoms with van der Waals surface area (Å²) >= 11 is 0. The fraction of sp³-hybridized carbons (Fsp3) is 0.529. The van der Waals surface area contributed by atoms with Crippen LogP contribution in [-0.4, -0.2) is 25.8 Å². The Kier molecular flexibility index (Phi) is 5.22. The molecule has 21 heavy (non-hydrogen) atoms. The van der Waals surface area contributed by atoms with E-state index in [1.165, 1.54) is 12.8 Å². The van der Waals surface area contributed by atoms with Crippen molar-refractivity contribution >= 4 is 10.0 Å². The van der Waals surface area contributed by atoms with Gasteiger partial charge in [-0.2, -0.15) is 4.31 Å². The number of aryl methyl sites for hydroxylation is 1. The molecule has 0 aliphatic carbocycles. The maximum atomic E-state index is 12.7. The highest BCUT2D eigenvalue weighted by Crippen LogP contribution is 2.30. The van der Waals surface area contributed by atoms with Gasteiger partial charge in [0.25, 0.3) is 0 Å². The standard InChI is InChI=1S/C17H25NO2S/c1-4-5-6-7-16-13-18(12-15(16)3)21(19,20)17-10-8-14(2)9-11-17/h8-11,16H,3-7,12-13H2,1-2H3. The first kappa shape index (κ1) is 16.2. The minimum atomic E-state index is -3.38. The summed E-state index contributed by atoms with van der Waals surface area (Å²) in [6.45, 7) is 9.26. The van der Waals surface area contributed by atoms with E-state index in [1.807, 2.05) is 19.1 Å². The molecule has 0 spiro atoms. The molecule has 1 heterocycles. The van der Waals surface area contributed by atoms with Crippen LogP contribution in [0.3, 0.4) is 0 Å². The van der Waals surface area contributed by atoms with Crippen molar-refractivity contribution in [3.05, 3.63) is 42.0 Å². The number of rotatable bonds is 6. The first-order valence-electron chi connectivity index (χ1n) is 7.69. The minimum Gasteiger partial charge on any atom is -0.207 e. The second kappa shape index (κ2) is 6.75. The van der Waals surface area contributed by atoms with E-state index >= 15 is 0 Å². The highest BCUT2D eigenvalue weighted by atomic mass is 32.2. The van der Waals surface area contributed by atoms with Crippen molar-refractivity contribution in [1.29, 1.82) is 0 Å². The van der Waals surface area contributed by atoms with E-state index in [9.17, 15) is 8.42 Å². The molecule has 1 fully saturated rings. The predicted octanol–water partition coefficient (Wildman–Crippen LogP) is 3.75. The van der Waals surface area contributed by atoms with Crippen molar-refractivity contribution in [3.63, 3.8) is 0 Å². The molecule has 116 valence electrons. The van der Waals surface area contributed by atoms with Gasteiger partial charge in [-0.15, -0.1) is 0 Å². The molecular formula is C17H25NO2S. The molecule has 3 nitrogen and oxygen atoms in total. The molecule has 1 aliphatic heterocycles. The van der Waals surface area contributed by atoms with Crippen molar-refractivity contribution < 1.29 is 8.42 Å². The lowest BCUT2D eigenvalue weighted by Crippen LogP contribution is -2.28. The Morgan fingerprint density at radius 2 is 1.90 bits per heavy atom. The number of sulfonamides is 1. The van der Waals surface area contributed by atoms with Crippen molar-refractivity contribution in [2.75, 3.05) is 13.1 Å². The van der Waals surface area contributed by atoms with E-state index in [4.69, 9.17) is 0 Å². The summed E-state index contributed by atoms with van der Waals surface area (Å²) in [5, 5.41) is 0. The molecule has 1 aromatic rings. The van der Waals surface area contributed by atoms with Crippen LogP contribution in [0.1, 0.15) is 38.2 Å². The van der Waals surface area contributed by atoms with Crippen LogP contribution in [0.4, 0.5) is 0 Å². The molecule has 1 atom stereocenters.